The second-order valence-electron chi connectivity index (χ2n) is 6.17. The molecule has 4 heterocycles. The molecule has 0 spiro atoms. The van der Waals surface area contributed by atoms with Crippen LogP contribution < -0.4 is 9.80 Å². The van der Waals surface area contributed by atoms with E-state index in [4.69, 9.17) is 16.6 Å². The summed E-state index contributed by atoms with van der Waals surface area (Å²) in [5.74, 6) is 0.756. The minimum absolute atomic E-state index is 0.457. The number of nitrogens with zero attached hydrogens (tertiary/aromatic N) is 6. The topological polar surface area (TPSA) is 58.0 Å². The molecule has 0 atom stereocenters. The van der Waals surface area contributed by atoms with E-state index >= 15 is 0 Å². The van der Waals surface area contributed by atoms with Crippen molar-refractivity contribution >= 4 is 56.3 Å². The van der Waals surface area contributed by atoms with Crippen LogP contribution in [0.3, 0.4) is 0 Å². The predicted molar refractivity (Wildman–Crippen MR) is 112 cm³/mol. The summed E-state index contributed by atoms with van der Waals surface area (Å²) >= 11 is 9.73. The first-order valence-corrected chi connectivity index (χ1v) is 10.6. The van der Waals surface area contributed by atoms with Crippen LogP contribution >= 0.6 is 34.3 Å². The number of benzene rings is 1. The van der Waals surface area contributed by atoms with E-state index in [1.165, 1.54) is 0 Å². The largest absolute Gasteiger partial charge is 0.350 e. The lowest BCUT2D eigenvalue weighted by atomic mass is 10.3. The normalized spacial score (nSPS) is 14.9. The van der Waals surface area contributed by atoms with Gasteiger partial charge in [0.05, 0.1) is 15.9 Å². The van der Waals surface area contributed by atoms with Crippen molar-refractivity contribution in [3.05, 3.63) is 46.9 Å². The summed E-state index contributed by atoms with van der Waals surface area (Å²) < 4.78 is 0. The lowest BCUT2D eigenvalue weighted by Gasteiger charge is -2.35. The Kier molecular flexibility index (Phi) is 4.39. The number of rotatable bonds is 3. The Morgan fingerprint density at radius 1 is 0.852 bits per heavy atom. The summed E-state index contributed by atoms with van der Waals surface area (Å²) in [6.45, 7) is 3.34. The second kappa shape index (κ2) is 7.03. The summed E-state index contributed by atoms with van der Waals surface area (Å²) in [6, 6.07) is 11.9. The van der Waals surface area contributed by atoms with Crippen molar-refractivity contribution < 1.29 is 0 Å². The Labute approximate surface area is 169 Å². The van der Waals surface area contributed by atoms with Gasteiger partial charge in [-0.15, -0.1) is 21.5 Å². The molecule has 0 saturated carbocycles. The quantitative estimate of drug-likeness (QED) is 0.501. The maximum absolute atomic E-state index is 6.40. The van der Waals surface area contributed by atoms with E-state index in [-0.39, 0.29) is 0 Å². The van der Waals surface area contributed by atoms with E-state index in [1.54, 1.807) is 22.7 Å². The second-order valence-corrected chi connectivity index (χ2v) is 8.43. The van der Waals surface area contributed by atoms with Crippen molar-refractivity contribution in [2.45, 2.75) is 0 Å². The standard InChI is InChI=1S/C18H15ClN6S2/c19-15-16(21-13-5-2-1-4-12(13)20-15)24-7-9-25(10-8-24)18-23-22-17(27-18)14-6-3-11-26-14/h1-6,11H,7-10H2. The van der Waals surface area contributed by atoms with E-state index in [1.807, 2.05) is 30.3 Å². The van der Waals surface area contributed by atoms with Crippen LogP contribution in [-0.4, -0.2) is 46.3 Å². The van der Waals surface area contributed by atoms with Gasteiger partial charge in [-0.2, -0.15) is 0 Å². The van der Waals surface area contributed by atoms with Crippen molar-refractivity contribution in [2.24, 2.45) is 0 Å². The molecular formula is C18H15ClN6S2. The predicted octanol–water partition coefficient (Wildman–Crippen LogP) is 4.19. The molecule has 1 saturated heterocycles. The first-order chi connectivity index (χ1) is 13.3. The molecule has 0 bridgehead atoms. The first kappa shape index (κ1) is 16.9. The number of para-hydroxylation sites is 2. The molecule has 3 aromatic heterocycles. The lowest BCUT2D eigenvalue weighted by Crippen LogP contribution is -2.47. The average molecular weight is 415 g/mol. The number of halogens is 1. The minimum atomic E-state index is 0.457. The molecule has 0 unspecified atom stereocenters. The highest BCUT2D eigenvalue weighted by Crippen LogP contribution is 2.32. The molecule has 9 heteroatoms. The Hall–Kier alpha value is -2.29. The molecule has 27 heavy (non-hydrogen) atoms. The maximum Gasteiger partial charge on any atom is 0.208 e. The van der Waals surface area contributed by atoms with E-state index in [2.05, 4.69) is 36.4 Å². The molecular weight excluding hydrogens is 400 g/mol. The van der Waals surface area contributed by atoms with Gasteiger partial charge in [0.15, 0.2) is 16.0 Å². The number of thiophene rings is 1. The van der Waals surface area contributed by atoms with Crippen LogP contribution in [0.25, 0.3) is 20.9 Å². The molecule has 4 aromatic rings. The number of fused-ring (bicyclic) bond motifs is 1. The van der Waals surface area contributed by atoms with Crippen molar-refractivity contribution in [3.63, 3.8) is 0 Å². The fraction of sp³-hybridized carbons (Fsp3) is 0.222. The SMILES string of the molecule is Clc1nc2ccccc2nc1N1CCN(c2nnc(-c3cccs3)s2)CC1. The molecule has 5 rings (SSSR count). The molecule has 0 aliphatic carbocycles. The van der Waals surface area contributed by atoms with Gasteiger partial charge in [0.1, 0.15) is 0 Å². The fourth-order valence-electron chi connectivity index (χ4n) is 3.12. The molecule has 0 amide bonds. The van der Waals surface area contributed by atoms with Crippen molar-refractivity contribution in [3.8, 4) is 9.88 Å². The van der Waals surface area contributed by atoms with Crippen LogP contribution in [0, 0.1) is 0 Å². The Bertz CT molecular complexity index is 1070. The molecule has 1 aliphatic rings. The molecule has 0 N–H and O–H groups in total. The van der Waals surface area contributed by atoms with E-state index in [0.717, 1.165) is 58.0 Å². The fourth-order valence-corrected chi connectivity index (χ4v) is 5.06. The lowest BCUT2D eigenvalue weighted by molar-refractivity contribution is 0.644. The number of hydrogen-bond donors (Lipinski definition) is 0. The van der Waals surface area contributed by atoms with Crippen LogP contribution in [0.15, 0.2) is 41.8 Å². The van der Waals surface area contributed by atoms with E-state index in [0.29, 0.717) is 5.15 Å². The third-order valence-electron chi connectivity index (χ3n) is 4.51. The third kappa shape index (κ3) is 3.24. The third-order valence-corrected chi connectivity index (χ3v) is 6.78. The number of anilines is 2. The summed E-state index contributed by atoms with van der Waals surface area (Å²) in [6.07, 6.45) is 0. The van der Waals surface area contributed by atoms with Gasteiger partial charge < -0.3 is 9.80 Å². The number of aromatic nitrogens is 4. The van der Waals surface area contributed by atoms with Gasteiger partial charge in [-0.25, -0.2) is 9.97 Å². The zero-order valence-electron chi connectivity index (χ0n) is 14.2. The highest BCUT2D eigenvalue weighted by molar-refractivity contribution is 7.22. The van der Waals surface area contributed by atoms with Gasteiger partial charge in [0.2, 0.25) is 5.13 Å². The van der Waals surface area contributed by atoms with Crippen LogP contribution in [-0.2, 0) is 0 Å². The summed E-state index contributed by atoms with van der Waals surface area (Å²) in [4.78, 5) is 14.8. The van der Waals surface area contributed by atoms with Crippen molar-refractivity contribution in [2.75, 3.05) is 36.0 Å². The average Bonchev–Trinajstić information content (AvgIpc) is 3.39. The smallest absolute Gasteiger partial charge is 0.208 e. The first-order valence-electron chi connectivity index (χ1n) is 8.57. The molecule has 1 aromatic carbocycles. The van der Waals surface area contributed by atoms with Gasteiger partial charge in [-0.1, -0.05) is 41.1 Å². The van der Waals surface area contributed by atoms with Crippen LogP contribution in [0.4, 0.5) is 10.9 Å². The molecule has 6 nitrogen and oxygen atoms in total. The van der Waals surface area contributed by atoms with E-state index in [9.17, 15) is 0 Å². The maximum atomic E-state index is 6.40. The van der Waals surface area contributed by atoms with E-state index < -0.39 is 0 Å². The summed E-state index contributed by atoms with van der Waals surface area (Å²) in [5, 5.41) is 13.2. The number of piperazine rings is 1. The monoisotopic (exact) mass is 414 g/mol. The zero-order valence-corrected chi connectivity index (χ0v) is 16.6. The zero-order chi connectivity index (χ0) is 18.2. The summed E-state index contributed by atoms with van der Waals surface area (Å²) in [7, 11) is 0. The Balaban J connectivity index is 1.32. The molecule has 1 fully saturated rings. The van der Waals surface area contributed by atoms with Gasteiger partial charge in [0, 0.05) is 26.2 Å². The van der Waals surface area contributed by atoms with Gasteiger partial charge in [0.25, 0.3) is 0 Å². The van der Waals surface area contributed by atoms with Gasteiger partial charge in [-0.05, 0) is 23.6 Å². The van der Waals surface area contributed by atoms with Crippen LogP contribution in [0.5, 0.6) is 0 Å². The highest BCUT2D eigenvalue weighted by Gasteiger charge is 2.23. The Morgan fingerprint density at radius 3 is 2.33 bits per heavy atom. The van der Waals surface area contributed by atoms with Crippen molar-refractivity contribution in [1.82, 2.24) is 20.2 Å². The summed E-state index contributed by atoms with van der Waals surface area (Å²) in [5.41, 5.74) is 1.68. The van der Waals surface area contributed by atoms with Gasteiger partial charge >= 0.3 is 0 Å². The molecule has 1 aliphatic heterocycles. The number of hydrogen-bond acceptors (Lipinski definition) is 8. The molecule has 0 radical (unpaired) electrons. The van der Waals surface area contributed by atoms with Crippen molar-refractivity contribution in [1.29, 1.82) is 0 Å². The van der Waals surface area contributed by atoms with Crippen LogP contribution in [0.1, 0.15) is 0 Å². The minimum Gasteiger partial charge on any atom is -0.350 e. The van der Waals surface area contributed by atoms with Crippen LogP contribution in [0.2, 0.25) is 5.15 Å². The Morgan fingerprint density at radius 2 is 1.59 bits per heavy atom. The highest BCUT2D eigenvalue weighted by atomic mass is 35.5. The van der Waals surface area contributed by atoms with Gasteiger partial charge in [-0.3, -0.25) is 0 Å². The molecule has 136 valence electrons.